The Balaban J connectivity index is 1.67. The first kappa shape index (κ1) is 22.5. The summed E-state index contributed by atoms with van der Waals surface area (Å²) >= 11 is 0. The quantitative estimate of drug-likeness (QED) is 0.675. The van der Waals surface area contributed by atoms with E-state index in [4.69, 9.17) is 0 Å². The van der Waals surface area contributed by atoms with Crippen LogP contribution in [0.15, 0.2) is 36.4 Å². The normalized spacial score (nSPS) is 18.1. The van der Waals surface area contributed by atoms with E-state index in [1.54, 1.807) is 14.0 Å². The van der Waals surface area contributed by atoms with Crippen LogP contribution in [-0.2, 0) is 17.8 Å². The SMILES string of the molecule is CC(C)CCNC(=O)C1(C)Cn2nc(C(=O)NCCc3ccccc3)cc2C(=O)N1C. The molecule has 0 saturated heterocycles. The molecule has 3 amide bonds. The lowest BCUT2D eigenvalue weighted by atomic mass is 9.95. The van der Waals surface area contributed by atoms with Crippen molar-refractivity contribution in [1.29, 1.82) is 0 Å². The zero-order valence-corrected chi connectivity index (χ0v) is 18.6. The number of likely N-dealkylation sites (N-methyl/N-ethyl adjacent to an activating group) is 1. The molecule has 0 spiro atoms. The number of carbonyl (C=O) groups excluding carboxylic acids is 3. The van der Waals surface area contributed by atoms with Crippen LogP contribution in [0.1, 0.15) is 53.7 Å². The average Bonchev–Trinajstić information content (AvgIpc) is 3.16. The number of aromatic nitrogens is 2. The molecule has 31 heavy (non-hydrogen) atoms. The Morgan fingerprint density at radius 2 is 1.87 bits per heavy atom. The zero-order valence-electron chi connectivity index (χ0n) is 18.6. The van der Waals surface area contributed by atoms with Gasteiger partial charge in [-0.25, -0.2) is 0 Å². The van der Waals surface area contributed by atoms with E-state index in [0.29, 0.717) is 31.1 Å². The van der Waals surface area contributed by atoms with Crippen molar-refractivity contribution < 1.29 is 14.4 Å². The highest BCUT2D eigenvalue weighted by Crippen LogP contribution is 2.26. The summed E-state index contributed by atoms with van der Waals surface area (Å²) in [5, 5.41) is 10.1. The summed E-state index contributed by atoms with van der Waals surface area (Å²) in [6.45, 7) is 7.11. The maximum atomic E-state index is 12.9. The van der Waals surface area contributed by atoms with E-state index in [9.17, 15) is 14.4 Å². The summed E-state index contributed by atoms with van der Waals surface area (Å²) < 4.78 is 1.47. The highest BCUT2D eigenvalue weighted by atomic mass is 16.2. The van der Waals surface area contributed by atoms with Gasteiger partial charge in [-0.15, -0.1) is 0 Å². The van der Waals surface area contributed by atoms with Crippen molar-refractivity contribution in [3.63, 3.8) is 0 Å². The molecular formula is C23H31N5O3. The fourth-order valence-corrected chi connectivity index (χ4v) is 3.56. The van der Waals surface area contributed by atoms with Gasteiger partial charge in [0.05, 0.1) is 6.54 Å². The molecule has 1 aliphatic rings. The van der Waals surface area contributed by atoms with Crippen molar-refractivity contribution in [2.45, 2.75) is 45.7 Å². The second-order valence-corrected chi connectivity index (χ2v) is 8.64. The maximum absolute atomic E-state index is 12.9. The van der Waals surface area contributed by atoms with Crippen molar-refractivity contribution in [1.82, 2.24) is 25.3 Å². The molecule has 0 fully saturated rings. The van der Waals surface area contributed by atoms with Gasteiger partial charge in [-0.1, -0.05) is 44.2 Å². The third-order valence-electron chi connectivity index (χ3n) is 5.77. The Bertz CT molecular complexity index is 953. The van der Waals surface area contributed by atoms with Gasteiger partial charge in [0.15, 0.2) is 5.69 Å². The number of hydrogen-bond donors (Lipinski definition) is 2. The Morgan fingerprint density at radius 3 is 2.55 bits per heavy atom. The number of carbonyl (C=O) groups is 3. The summed E-state index contributed by atoms with van der Waals surface area (Å²) in [6.07, 6.45) is 1.57. The lowest BCUT2D eigenvalue weighted by Crippen LogP contribution is -2.62. The number of hydrogen-bond acceptors (Lipinski definition) is 4. The van der Waals surface area contributed by atoms with E-state index in [2.05, 4.69) is 29.6 Å². The van der Waals surface area contributed by atoms with Gasteiger partial charge in [0, 0.05) is 26.2 Å². The third kappa shape index (κ3) is 4.95. The molecule has 1 aromatic heterocycles. The number of nitrogens with zero attached hydrogens (tertiary/aromatic N) is 3. The topological polar surface area (TPSA) is 96.3 Å². The van der Waals surface area contributed by atoms with Gasteiger partial charge in [0.2, 0.25) is 5.91 Å². The molecule has 0 radical (unpaired) electrons. The van der Waals surface area contributed by atoms with Crippen molar-refractivity contribution in [2.24, 2.45) is 5.92 Å². The van der Waals surface area contributed by atoms with Gasteiger partial charge in [-0.2, -0.15) is 5.10 Å². The molecule has 8 nitrogen and oxygen atoms in total. The molecule has 0 aliphatic carbocycles. The van der Waals surface area contributed by atoms with E-state index in [0.717, 1.165) is 12.0 Å². The molecule has 8 heteroatoms. The molecule has 166 valence electrons. The molecule has 3 rings (SSSR count). The Morgan fingerprint density at radius 1 is 1.16 bits per heavy atom. The Kier molecular flexibility index (Phi) is 6.77. The molecule has 0 bridgehead atoms. The summed E-state index contributed by atoms with van der Waals surface area (Å²) in [7, 11) is 1.61. The van der Waals surface area contributed by atoms with E-state index in [1.165, 1.54) is 15.6 Å². The van der Waals surface area contributed by atoms with Gasteiger partial charge >= 0.3 is 0 Å². The van der Waals surface area contributed by atoms with Gasteiger partial charge in [0.25, 0.3) is 11.8 Å². The minimum atomic E-state index is -1.08. The van der Waals surface area contributed by atoms with Gasteiger partial charge < -0.3 is 15.5 Å². The highest BCUT2D eigenvalue weighted by Gasteiger charge is 2.46. The maximum Gasteiger partial charge on any atom is 0.272 e. The molecule has 2 heterocycles. The summed E-state index contributed by atoms with van der Waals surface area (Å²) in [5.74, 6) is -0.418. The Hall–Kier alpha value is -3.16. The largest absolute Gasteiger partial charge is 0.354 e. The first-order chi connectivity index (χ1) is 14.7. The van der Waals surface area contributed by atoms with E-state index < -0.39 is 5.54 Å². The molecule has 2 aromatic rings. The number of benzene rings is 1. The van der Waals surface area contributed by atoms with Crippen LogP contribution in [0.3, 0.4) is 0 Å². The van der Waals surface area contributed by atoms with Crippen molar-refractivity contribution in [3.8, 4) is 0 Å². The monoisotopic (exact) mass is 425 g/mol. The van der Waals surface area contributed by atoms with Crippen LogP contribution in [0, 0.1) is 5.92 Å². The highest BCUT2D eigenvalue weighted by molar-refractivity contribution is 6.01. The summed E-state index contributed by atoms with van der Waals surface area (Å²) in [6, 6.07) is 11.4. The predicted molar refractivity (Wildman–Crippen MR) is 118 cm³/mol. The smallest absolute Gasteiger partial charge is 0.272 e. The van der Waals surface area contributed by atoms with Crippen LogP contribution in [0.5, 0.6) is 0 Å². The zero-order chi connectivity index (χ0) is 22.6. The van der Waals surface area contributed by atoms with Crippen molar-refractivity contribution in [3.05, 3.63) is 53.3 Å². The minimum Gasteiger partial charge on any atom is -0.354 e. The molecule has 1 aromatic carbocycles. The van der Waals surface area contributed by atoms with Crippen LogP contribution >= 0.6 is 0 Å². The average molecular weight is 426 g/mol. The molecule has 1 unspecified atom stereocenters. The minimum absolute atomic E-state index is 0.175. The summed E-state index contributed by atoms with van der Waals surface area (Å²) in [5.41, 5.74) is 0.536. The van der Waals surface area contributed by atoms with E-state index in [-0.39, 0.29) is 30.0 Å². The fraction of sp³-hybridized carbons (Fsp3) is 0.478. The van der Waals surface area contributed by atoms with Gasteiger partial charge in [-0.3, -0.25) is 19.1 Å². The predicted octanol–water partition coefficient (Wildman–Crippen LogP) is 1.86. The van der Waals surface area contributed by atoms with Gasteiger partial charge in [-0.05, 0) is 31.2 Å². The standard InChI is InChI=1S/C23H31N5O3/c1-16(2)10-12-25-22(31)23(3)15-28-19(21(30)27(23)4)14-18(26-28)20(29)24-13-11-17-8-6-5-7-9-17/h5-9,14,16H,10-13,15H2,1-4H3,(H,24,29)(H,25,31). The third-order valence-corrected chi connectivity index (χ3v) is 5.77. The molecule has 1 aliphatic heterocycles. The van der Waals surface area contributed by atoms with E-state index in [1.807, 2.05) is 30.3 Å². The number of fused-ring (bicyclic) bond motifs is 1. The van der Waals surface area contributed by atoms with Gasteiger partial charge in [0.1, 0.15) is 11.2 Å². The van der Waals surface area contributed by atoms with Crippen molar-refractivity contribution in [2.75, 3.05) is 20.1 Å². The lowest BCUT2D eigenvalue weighted by Gasteiger charge is -2.40. The molecular weight excluding hydrogens is 394 g/mol. The lowest BCUT2D eigenvalue weighted by molar-refractivity contribution is -0.132. The Labute approximate surface area is 183 Å². The first-order valence-corrected chi connectivity index (χ1v) is 10.7. The molecule has 0 saturated carbocycles. The number of amides is 3. The number of rotatable bonds is 8. The van der Waals surface area contributed by atoms with Crippen LogP contribution in [0.2, 0.25) is 0 Å². The van der Waals surface area contributed by atoms with Crippen LogP contribution < -0.4 is 10.6 Å². The van der Waals surface area contributed by atoms with Crippen LogP contribution in [0.4, 0.5) is 0 Å². The second kappa shape index (κ2) is 9.32. The van der Waals surface area contributed by atoms with Crippen molar-refractivity contribution >= 4 is 17.7 Å². The molecule has 2 N–H and O–H groups in total. The second-order valence-electron chi connectivity index (χ2n) is 8.64. The number of nitrogens with one attached hydrogen (secondary N) is 2. The fourth-order valence-electron chi connectivity index (χ4n) is 3.56. The van der Waals surface area contributed by atoms with Crippen LogP contribution in [-0.4, -0.2) is 58.1 Å². The summed E-state index contributed by atoms with van der Waals surface area (Å²) in [4.78, 5) is 39.8. The van der Waals surface area contributed by atoms with Crippen LogP contribution in [0.25, 0.3) is 0 Å². The molecule has 1 atom stereocenters. The van der Waals surface area contributed by atoms with E-state index >= 15 is 0 Å². The first-order valence-electron chi connectivity index (χ1n) is 10.7.